The molecule has 0 radical (unpaired) electrons. The van der Waals surface area contributed by atoms with E-state index in [4.69, 9.17) is 0 Å². The number of aromatic amines is 3. The Morgan fingerprint density at radius 2 is 0.752 bits per heavy atom. The van der Waals surface area contributed by atoms with E-state index in [0.29, 0.717) is 130 Å². The summed E-state index contributed by atoms with van der Waals surface area (Å²) in [5.74, 6) is -0.157. The minimum atomic E-state index is -0.620. The van der Waals surface area contributed by atoms with Gasteiger partial charge in [0.25, 0.3) is 46.3 Å². The second-order valence-electron chi connectivity index (χ2n) is 23.4. The molecule has 0 fully saturated rings. The number of aromatic nitrogens is 16. The first kappa shape index (κ1) is 76.7. The topological polar surface area (TPSA) is 351 Å². The third-order valence-corrected chi connectivity index (χ3v) is 16.9. The van der Waals surface area contributed by atoms with Gasteiger partial charge in [-0.1, -0.05) is 103 Å². The molecule has 7 N–H and O–H groups in total. The van der Waals surface area contributed by atoms with Crippen LogP contribution in [0.1, 0.15) is 152 Å². The van der Waals surface area contributed by atoms with Crippen molar-refractivity contribution in [3.05, 3.63) is 267 Å². The van der Waals surface area contributed by atoms with Crippen LogP contribution < -0.4 is 37.9 Å². The summed E-state index contributed by atoms with van der Waals surface area (Å²) >= 11 is 1.51. The van der Waals surface area contributed by atoms with E-state index in [2.05, 4.69) is 81.5 Å². The van der Waals surface area contributed by atoms with Crippen LogP contribution in [-0.2, 0) is 44.9 Å². The fourth-order valence-electron chi connectivity index (χ4n) is 11.0. The number of aryl methyl sites for hydroxylation is 8. The fraction of sp³-hybridized carbons (Fsp3) is 0.253. The lowest BCUT2D eigenvalue weighted by atomic mass is 10.1. The molecule has 12 aromatic rings. The van der Waals surface area contributed by atoms with E-state index in [1.165, 1.54) is 66.9 Å². The van der Waals surface area contributed by atoms with Crippen molar-refractivity contribution in [2.24, 2.45) is 0 Å². The summed E-state index contributed by atoms with van der Waals surface area (Å²) < 4.78 is 33.3. The molecule has 8 heterocycles. The fourth-order valence-corrected chi connectivity index (χ4v) is 11.6. The zero-order valence-corrected chi connectivity index (χ0v) is 60.9. The maximum absolute atomic E-state index is 13.9. The molecule has 8 aromatic heterocycles. The molecule has 0 saturated heterocycles. The largest absolute Gasteiger partial charge is 0.306 e. The van der Waals surface area contributed by atoms with Gasteiger partial charge in [-0.05, 0) is 133 Å². The van der Waals surface area contributed by atoms with Gasteiger partial charge in [0.2, 0.25) is 17.8 Å². The summed E-state index contributed by atoms with van der Waals surface area (Å²) in [5.41, 5.74) is 8.09. The lowest BCUT2D eigenvalue weighted by molar-refractivity contribution is 0.101. The van der Waals surface area contributed by atoms with E-state index in [-0.39, 0.29) is 51.4 Å². The summed E-state index contributed by atoms with van der Waals surface area (Å²) in [6.07, 6.45) is 8.00. The third kappa shape index (κ3) is 18.6. The molecule has 0 atom stereocenters. The molecule has 0 spiro atoms. The number of carbonyl (C=O) groups excluding carboxylic acids is 4. The lowest BCUT2D eigenvalue weighted by Gasteiger charge is -2.12. The van der Waals surface area contributed by atoms with Crippen LogP contribution in [-0.4, -0.2) is 109 Å². The van der Waals surface area contributed by atoms with Gasteiger partial charge < -0.3 is 21.3 Å². The Balaban J connectivity index is 0.000000162. The number of H-pyrrole nitrogens is 3. The number of nitrogens with zero attached hydrogens (tertiary/aromatic N) is 13. The third-order valence-electron chi connectivity index (χ3n) is 16.1. The first-order valence-electron chi connectivity index (χ1n) is 33.9. The monoisotopic (exact) mass is 1440 g/mol. The molecular weight excluding hydrogens is 1360 g/mol. The van der Waals surface area contributed by atoms with Gasteiger partial charge in [0.15, 0.2) is 0 Å². The van der Waals surface area contributed by atoms with Crippen LogP contribution in [0, 0.1) is 39.3 Å². The molecular formula is C75H80F2N20O7S. The van der Waals surface area contributed by atoms with Crippen LogP contribution in [0.3, 0.4) is 0 Å². The standard InChI is InChI=1S/C20H23N5O2S.C19H20FN5O2.C19H21N5O2.C17H16FN5O/c1-5-13-15(6-2)21-20(23-18(13)26)25-17(11-12(3)24-25)22-19(27)14-9-7-8-10-16(14)28-4;1-4-12-15(5-2)21-19(23-17(12)26)25-16(10-11(3)24-25)22-18(27)13-8-6-7-9-14(13)20;1-4-14-15(5-2)20-19(22-18(14)26)24-16(11-12(3)23-24)21-17(25)13-9-7-6-8-10-13;1-3-12-8-9-19-17(20-12)23-15(10-11(2)22-23)21-16(24)13-6-4-5-7-14(13)18/h7-11H,5-6H2,1-4H3,(H,22,27)(H,21,23,26);6-10H,4-5H2,1-3H3,(H,22,27)(H,21,23,26);6-11H,4-5H2,1-3H3,(H,21,25)(H,20,22,26);4-10H,3H2,1-2H3,(H,21,24). The molecule has 4 aromatic carbocycles. The van der Waals surface area contributed by atoms with E-state index in [9.17, 15) is 42.3 Å². The minimum absolute atomic E-state index is 0.0360. The molecule has 0 aliphatic rings. The molecule has 30 heteroatoms. The number of hydrogen-bond donors (Lipinski definition) is 7. The van der Waals surface area contributed by atoms with E-state index in [1.54, 1.807) is 86.8 Å². The predicted octanol–water partition coefficient (Wildman–Crippen LogP) is 11.7. The lowest BCUT2D eigenvalue weighted by Crippen LogP contribution is -2.23. The van der Waals surface area contributed by atoms with Gasteiger partial charge in [-0.25, -0.2) is 33.7 Å². The Labute approximate surface area is 606 Å². The maximum Gasteiger partial charge on any atom is 0.259 e. The van der Waals surface area contributed by atoms with Gasteiger partial charge in [-0.2, -0.15) is 39.1 Å². The summed E-state index contributed by atoms with van der Waals surface area (Å²) in [6, 6.07) is 36.4. The van der Waals surface area contributed by atoms with Crippen molar-refractivity contribution in [1.29, 1.82) is 0 Å². The van der Waals surface area contributed by atoms with Gasteiger partial charge >= 0.3 is 0 Å². The number of anilines is 4. The van der Waals surface area contributed by atoms with Gasteiger partial charge in [-0.15, -0.1) is 11.8 Å². The first-order chi connectivity index (χ1) is 50.5. The normalized spacial score (nSPS) is 10.8. The predicted molar refractivity (Wildman–Crippen MR) is 399 cm³/mol. The maximum atomic E-state index is 13.9. The SMILES string of the molecule is CCc1ccnc(-n2nc(C)cc2NC(=O)c2ccccc2F)n1.CCc1nc(-n2nc(C)cc2NC(=O)c2ccccc2)[nH]c(=O)c1CC.CCc1nc(-n2nc(C)cc2NC(=O)c2ccccc2F)[nH]c(=O)c1CC.CCc1nc(-n2nc(C)cc2NC(=O)c2ccccc2SC)[nH]c(=O)c1CC. The Hall–Kier alpha value is -12.5. The van der Waals surface area contributed by atoms with Crippen LogP contribution in [0.25, 0.3) is 23.8 Å². The smallest absolute Gasteiger partial charge is 0.259 e. The molecule has 542 valence electrons. The van der Waals surface area contributed by atoms with Crippen LogP contribution >= 0.6 is 11.8 Å². The highest BCUT2D eigenvalue weighted by Crippen LogP contribution is 2.25. The first-order valence-corrected chi connectivity index (χ1v) is 35.1. The van der Waals surface area contributed by atoms with Crippen molar-refractivity contribution in [3.8, 4) is 23.8 Å². The number of nitrogens with one attached hydrogen (secondary N) is 7. The van der Waals surface area contributed by atoms with Crippen LogP contribution in [0.4, 0.5) is 32.1 Å². The van der Waals surface area contributed by atoms with Gasteiger partial charge in [-0.3, -0.25) is 48.5 Å². The summed E-state index contributed by atoms with van der Waals surface area (Å²) in [7, 11) is 0. The summed E-state index contributed by atoms with van der Waals surface area (Å²) in [6.45, 7) is 20.7. The van der Waals surface area contributed by atoms with Crippen molar-refractivity contribution in [2.75, 3.05) is 27.5 Å². The number of benzene rings is 4. The molecule has 0 aliphatic carbocycles. The number of halogens is 2. The Morgan fingerprint density at radius 3 is 1.12 bits per heavy atom. The van der Waals surface area contributed by atoms with Gasteiger partial charge in [0.05, 0.1) is 56.5 Å². The second-order valence-corrected chi connectivity index (χ2v) is 24.3. The molecule has 0 unspecified atom stereocenters. The number of rotatable bonds is 20. The molecule has 0 saturated carbocycles. The minimum Gasteiger partial charge on any atom is -0.306 e. The number of thioether (sulfide) groups is 1. The molecule has 0 aliphatic heterocycles. The Bertz CT molecular complexity index is 5310. The van der Waals surface area contributed by atoms with E-state index in [1.807, 2.05) is 98.9 Å². The van der Waals surface area contributed by atoms with Crippen molar-refractivity contribution in [1.82, 2.24) is 79.0 Å². The second kappa shape index (κ2) is 35.4. The molecule has 105 heavy (non-hydrogen) atoms. The summed E-state index contributed by atoms with van der Waals surface area (Å²) in [4.78, 5) is 119. The highest BCUT2D eigenvalue weighted by atomic mass is 32.2. The Morgan fingerprint density at radius 1 is 0.410 bits per heavy atom. The summed E-state index contributed by atoms with van der Waals surface area (Å²) in [5, 5.41) is 28.4. The van der Waals surface area contributed by atoms with E-state index < -0.39 is 23.4 Å². The molecule has 4 amide bonds. The van der Waals surface area contributed by atoms with Crippen LogP contribution in [0.2, 0.25) is 0 Å². The van der Waals surface area contributed by atoms with Crippen LogP contribution in [0.15, 0.2) is 159 Å². The van der Waals surface area contributed by atoms with Gasteiger partial charge in [0, 0.05) is 63.3 Å². The molecule has 12 rings (SSSR count). The number of carbonyl (C=O) groups is 4. The average Bonchev–Trinajstić information content (AvgIpc) is 1.67. The number of hydrogen-bond acceptors (Lipinski definition) is 17. The average molecular weight is 1440 g/mol. The number of amides is 4. The zero-order chi connectivity index (χ0) is 75.6. The van der Waals surface area contributed by atoms with Crippen molar-refractivity contribution in [2.45, 2.75) is 126 Å². The van der Waals surface area contributed by atoms with Crippen LogP contribution in [0.5, 0.6) is 0 Å². The van der Waals surface area contributed by atoms with E-state index >= 15 is 0 Å². The zero-order valence-electron chi connectivity index (χ0n) is 60.1. The quantitative estimate of drug-likeness (QED) is 0.0349. The molecule has 27 nitrogen and oxygen atoms in total. The molecule has 0 bridgehead atoms. The Kier molecular flexibility index (Phi) is 25.9. The van der Waals surface area contributed by atoms with Crippen molar-refractivity contribution < 1.29 is 28.0 Å². The van der Waals surface area contributed by atoms with Crippen molar-refractivity contribution in [3.63, 3.8) is 0 Å². The highest BCUT2D eigenvalue weighted by Gasteiger charge is 2.23. The van der Waals surface area contributed by atoms with E-state index in [0.717, 1.165) is 28.4 Å². The van der Waals surface area contributed by atoms with Gasteiger partial charge in [0.1, 0.15) is 34.9 Å². The highest BCUT2D eigenvalue weighted by molar-refractivity contribution is 7.98. The van der Waals surface area contributed by atoms with Crippen molar-refractivity contribution >= 4 is 58.7 Å².